The molecule has 0 aliphatic rings. The normalized spacial score (nSPS) is 11.7. The van der Waals surface area contributed by atoms with E-state index in [0.717, 1.165) is 29.7 Å². The van der Waals surface area contributed by atoms with E-state index < -0.39 is 51.9 Å². The monoisotopic (exact) mass is 426 g/mol. The van der Waals surface area contributed by atoms with Crippen molar-refractivity contribution in [3.8, 4) is 0 Å². The van der Waals surface area contributed by atoms with Crippen LogP contribution in [-0.4, -0.2) is 16.3 Å². The van der Waals surface area contributed by atoms with Crippen LogP contribution in [0.4, 0.5) is 30.7 Å². The summed E-state index contributed by atoms with van der Waals surface area (Å²) in [5, 5.41) is 9.92. The van der Waals surface area contributed by atoms with E-state index in [4.69, 9.17) is 5.21 Å². The number of alkyl halides is 6. The van der Waals surface area contributed by atoms with Crippen molar-refractivity contribution in [3.63, 3.8) is 0 Å². The van der Waals surface area contributed by atoms with Crippen molar-refractivity contribution >= 4 is 16.9 Å². The maximum absolute atomic E-state index is 13.1. The first-order chi connectivity index (χ1) is 13.4. The summed E-state index contributed by atoms with van der Waals surface area (Å²) in [6, 6.07) is 5.50. The highest BCUT2D eigenvalue weighted by atomic mass is 19.4. The van der Waals surface area contributed by atoms with Crippen molar-refractivity contribution in [1.29, 1.82) is 0 Å². The van der Waals surface area contributed by atoms with Crippen LogP contribution in [0.3, 0.4) is 0 Å². The van der Waals surface area contributed by atoms with Gasteiger partial charge in [-0.05, 0) is 24.3 Å². The topological polar surface area (TPSA) is 95.3 Å². The van der Waals surface area contributed by atoms with E-state index >= 15 is 0 Å². The Kier molecular flexibility index (Phi) is 6.01. The maximum atomic E-state index is 13.1. The molecule has 6 nitrogen and oxygen atoms in total. The molecule has 156 valence electrons. The number of hydrogen-bond donors (Lipinski definition) is 3. The Morgan fingerprint density at radius 2 is 1.52 bits per heavy atom. The average molecular weight is 426 g/mol. The first-order valence-electron chi connectivity index (χ1n) is 7.35. The molecule has 0 atom stereocenters. The van der Waals surface area contributed by atoms with Crippen molar-refractivity contribution < 1.29 is 45.3 Å². The van der Waals surface area contributed by atoms with Gasteiger partial charge >= 0.3 is 12.4 Å². The molecule has 0 spiro atoms. The highest BCUT2D eigenvalue weighted by Crippen LogP contribution is 2.34. The Morgan fingerprint density at radius 1 is 0.966 bits per heavy atom. The van der Waals surface area contributed by atoms with Gasteiger partial charge in [-0.15, -0.1) is 0 Å². The first kappa shape index (κ1) is 21.9. The van der Waals surface area contributed by atoms with E-state index in [0.29, 0.717) is 6.07 Å². The molecular weight excluding hydrogens is 417 g/mol. The summed E-state index contributed by atoms with van der Waals surface area (Å²) in [5.74, 6) is -3.05. The van der Waals surface area contributed by atoms with Crippen molar-refractivity contribution in [2.24, 2.45) is 0 Å². The van der Waals surface area contributed by atoms with Gasteiger partial charge in [0, 0.05) is 0 Å². The highest BCUT2D eigenvalue weighted by molar-refractivity contribution is 5.93. The fraction of sp³-hybridized carbons (Fsp3) is 0.125. The molecule has 0 fully saturated rings. The zero-order valence-corrected chi connectivity index (χ0v) is 13.8. The number of hydrogen-bond acceptors (Lipinski definition) is 4. The predicted octanol–water partition coefficient (Wildman–Crippen LogP) is 4.10. The van der Waals surface area contributed by atoms with Crippen molar-refractivity contribution in [2.45, 2.75) is 12.4 Å². The van der Waals surface area contributed by atoms with Crippen molar-refractivity contribution in [2.75, 3.05) is 0 Å². The summed E-state index contributed by atoms with van der Waals surface area (Å²) < 4.78 is 91.1. The lowest BCUT2D eigenvalue weighted by Gasteiger charge is -2.09. The molecule has 0 unspecified atom stereocenters. The van der Waals surface area contributed by atoms with Gasteiger partial charge in [0.15, 0.2) is 5.58 Å². The van der Waals surface area contributed by atoms with Gasteiger partial charge in [0.1, 0.15) is 11.4 Å². The second-order valence-electron chi connectivity index (χ2n) is 5.32. The van der Waals surface area contributed by atoms with Crippen LogP contribution < -0.4 is 11.0 Å². The number of amides is 1. The number of para-hydroxylation sites is 1. The van der Waals surface area contributed by atoms with Crippen LogP contribution in [0.25, 0.3) is 11.0 Å². The predicted molar refractivity (Wildman–Crippen MR) is 82.5 cm³/mol. The molecule has 1 aromatic heterocycles. The number of aromatic amines is 1. The number of halogens is 7. The van der Waals surface area contributed by atoms with Crippen LogP contribution in [0.15, 0.2) is 45.7 Å². The molecule has 13 heteroatoms. The summed E-state index contributed by atoms with van der Waals surface area (Å²) in [6.07, 6.45) is -9.40. The number of carbonyl (C=O) groups excluding carboxylic acids is 1. The molecule has 0 aliphatic carbocycles. The molecule has 2 aromatic carbocycles. The number of nitrogens with one attached hydrogen (secondary N) is 2. The summed E-state index contributed by atoms with van der Waals surface area (Å²) >= 11 is 0. The van der Waals surface area contributed by atoms with Gasteiger partial charge < -0.3 is 4.52 Å². The lowest BCUT2D eigenvalue weighted by Crippen LogP contribution is -2.21. The number of hydroxylamine groups is 1. The van der Waals surface area contributed by atoms with Crippen molar-refractivity contribution in [3.05, 3.63) is 69.3 Å². The summed E-state index contributed by atoms with van der Waals surface area (Å²) in [4.78, 5) is 21.7. The molecule has 0 bridgehead atoms. The fourth-order valence-electron chi connectivity index (χ4n) is 2.19. The fourth-order valence-corrected chi connectivity index (χ4v) is 2.19. The zero-order valence-electron chi connectivity index (χ0n) is 13.8. The Balaban J connectivity index is 0.000000207. The molecule has 0 saturated heterocycles. The standard InChI is InChI=1S/C8H5F4NO2.C8H4F3NO2/c9-6-4(7(14)13-15)2-1-3-5(6)8(10,11)12;9-8(10,11)5-3-1-2-4-6(5)14-12-7(4)13/h1-3,15H,(H,13,14);1-3H,(H,12,13). The molecule has 3 aromatic rings. The van der Waals surface area contributed by atoms with Crippen LogP contribution in [0.5, 0.6) is 0 Å². The van der Waals surface area contributed by atoms with E-state index in [2.05, 4.69) is 4.52 Å². The smallest absolute Gasteiger partial charge is 0.378 e. The molecule has 0 radical (unpaired) electrons. The SMILES string of the molecule is O=C(NO)c1cccc(C(F)(F)F)c1F.O=c1[nH]oc2c(C(F)(F)F)cccc12. The molecule has 0 aliphatic heterocycles. The van der Waals surface area contributed by atoms with Crippen LogP contribution >= 0.6 is 0 Å². The van der Waals surface area contributed by atoms with E-state index in [9.17, 15) is 40.3 Å². The number of aromatic nitrogens is 1. The Labute approximate surface area is 155 Å². The van der Waals surface area contributed by atoms with E-state index in [1.165, 1.54) is 6.07 Å². The van der Waals surface area contributed by atoms with Crippen LogP contribution in [0.1, 0.15) is 21.5 Å². The van der Waals surface area contributed by atoms with Gasteiger partial charge in [-0.25, -0.2) is 9.87 Å². The van der Waals surface area contributed by atoms with Gasteiger partial charge in [0.05, 0.1) is 16.5 Å². The minimum atomic E-state index is -4.88. The van der Waals surface area contributed by atoms with Crippen LogP contribution in [0, 0.1) is 5.82 Å². The first-order valence-corrected chi connectivity index (χ1v) is 7.35. The van der Waals surface area contributed by atoms with Gasteiger partial charge in [-0.1, -0.05) is 12.1 Å². The summed E-state index contributed by atoms with van der Waals surface area (Å²) in [5.41, 5.74) is -3.43. The number of rotatable bonds is 1. The second-order valence-corrected chi connectivity index (χ2v) is 5.32. The largest absolute Gasteiger partial charge is 0.420 e. The molecule has 0 saturated carbocycles. The summed E-state index contributed by atoms with van der Waals surface area (Å²) in [7, 11) is 0. The number of carbonyl (C=O) groups is 1. The quantitative estimate of drug-likeness (QED) is 0.310. The highest BCUT2D eigenvalue weighted by Gasteiger charge is 2.36. The van der Waals surface area contributed by atoms with Crippen molar-refractivity contribution in [1.82, 2.24) is 10.6 Å². The lowest BCUT2D eigenvalue weighted by atomic mass is 10.1. The Hall–Kier alpha value is -3.35. The molecule has 3 N–H and O–H groups in total. The van der Waals surface area contributed by atoms with E-state index in [1.807, 2.05) is 5.16 Å². The summed E-state index contributed by atoms with van der Waals surface area (Å²) in [6.45, 7) is 0. The van der Waals surface area contributed by atoms with E-state index in [-0.39, 0.29) is 5.39 Å². The third kappa shape index (κ3) is 4.74. The number of fused-ring (bicyclic) bond motifs is 1. The number of benzene rings is 2. The Bertz CT molecular complexity index is 1080. The van der Waals surface area contributed by atoms with Gasteiger partial charge in [0.2, 0.25) is 0 Å². The second kappa shape index (κ2) is 7.95. The third-order valence-electron chi connectivity index (χ3n) is 3.46. The van der Waals surface area contributed by atoms with Crippen LogP contribution in [0.2, 0.25) is 0 Å². The Morgan fingerprint density at radius 3 is 2.07 bits per heavy atom. The van der Waals surface area contributed by atoms with Crippen LogP contribution in [-0.2, 0) is 12.4 Å². The number of H-pyrrole nitrogens is 1. The van der Waals surface area contributed by atoms with Gasteiger partial charge in [-0.2, -0.15) is 31.5 Å². The maximum Gasteiger partial charge on any atom is 0.420 e. The molecule has 1 heterocycles. The minimum Gasteiger partial charge on any atom is -0.378 e. The minimum absolute atomic E-state index is 0.0974. The average Bonchev–Trinajstić information content (AvgIpc) is 3.01. The zero-order chi connectivity index (χ0) is 22.0. The van der Waals surface area contributed by atoms with E-state index in [1.54, 1.807) is 0 Å². The van der Waals surface area contributed by atoms with Gasteiger partial charge in [-0.3, -0.25) is 14.8 Å². The third-order valence-corrected chi connectivity index (χ3v) is 3.46. The lowest BCUT2D eigenvalue weighted by molar-refractivity contribution is -0.140. The molecule has 1 amide bonds. The molecular formula is C16H9F7N2O4. The molecule has 3 rings (SSSR count). The van der Waals surface area contributed by atoms with Gasteiger partial charge in [0.25, 0.3) is 11.5 Å². The molecule has 29 heavy (non-hydrogen) atoms.